The third-order valence-corrected chi connectivity index (χ3v) is 6.70. The number of nitrogens with zero attached hydrogens (tertiary/aromatic N) is 3. The average molecular weight is 551 g/mol. The molecule has 10 heteroatoms. The lowest BCUT2D eigenvalue weighted by atomic mass is 10.2. The molecule has 0 radical (unpaired) electrons. The first kappa shape index (κ1) is 22.7. The maximum atomic E-state index is 13.1. The molecule has 3 aromatic rings. The van der Waals surface area contributed by atoms with Crippen LogP contribution in [0, 0.1) is 0 Å². The van der Waals surface area contributed by atoms with Crippen LogP contribution in [0.15, 0.2) is 78.8 Å². The number of carbonyl (C=O) groups excluding carboxylic acids is 1. The second-order valence-corrected chi connectivity index (χ2v) is 9.26. The van der Waals surface area contributed by atoms with Crippen molar-refractivity contribution in [3.63, 3.8) is 0 Å². The second-order valence-electron chi connectivity index (χ2n) is 6.55. The molecule has 1 aromatic heterocycles. The maximum Gasteiger partial charge on any atom is 0.267 e. The highest BCUT2D eigenvalue weighted by Crippen LogP contribution is 2.36. The van der Waals surface area contributed by atoms with E-state index in [-0.39, 0.29) is 18.2 Å². The quantitative estimate of drug-likeness (QED) is 0.221. The van der Waals surface area contributed by atoms with Gasteiger partial charge in [0.05, 0.1) is 34.0 Å². The van der Waals surface area contributed by atoms with Crippen LogP contribution in [-0.2, 0) is 11.3 Å². The maximum absolute atomic E-state index is 13.1. The lowest BCUT2D eigenvalue weighted by Crippen LogP contribution is -2.28. The van der Waals surface area contributed by atoms with Crippen molar-refractivity contribution in [3.05, 3.63) is 91.1 Å². The van der Waals surface area contributed by atoms with Crippen molar-refractivity contribution >= 4 is 74.3 Å². The van der Waals surface area contributed by atoms with Crippen LogP contribution in [0.5, 0.6) is 5.75 Å². The minimum atomic E-state index is -0.277. The number of rotatable bonds is 5. The van der Waals surface area contributed by atoms with Crippen LogP contribution in [-0.4, -0.2) is 27.3 Å². The Kier molecular flexibility index (Phi) is 7.05. The Bertz CT molecular complexity index is 1260. The normalized spacial score (nSPS) is 16.7. The molecule has 0 unspecified atom stereocenters. The largest absolute Gasteiger partial charge is 0.507 e. The number of phenols is 1. The molecule has 2 aromatic carbocycles. The zero-order valence-corrected chi connectivity index (χ0v) is 20.1. The summed E-state index contributed by atoms with van der Waals surface area (Å²) < 4.78 is 6.17. The molecule has 1 aliphatic rings. The molecule has 32 heavy (non-hydrogen) atoms. The summed E-state index contributed by atoms with van der Waals surface area (Å²) in [5.41, 5.74) is 1.11. The number of hydrogen-bond acceptors (Lipinski definition) is 6. The van der Waals surface area contributed by atoms with Crippen molar-refractivity contribution in [3.8, 4) is 5.75 Å². The Morgan fingerprint density at radius 3 is 2.78 bits per heavy atom. The molecule has 0 spiro atoms. The van der Waals surface area contributed by atoms with Crippen LogP contribution in [0.3, 0.4) is 0 Å². The van der Waals surface area contributed by atoms with E-state index < -0.39 is 0 Å². The lowest BCUT2D eigenvalue weighted by Gasteiger charge is -2.12. The van der Waals surface area contributed by atoms with Crippen LogP contribution in [0.25, 0.3) is 6.08 Å². The monoisotopic (exact) mass is 549 g/mol. The molecule has 1 saturated heterocycles. The van der Waals surface area contributed by atoms with Gasteiger partial charge in [0, 0.05) is 15.6 Å². The van der Waals surface area contributed by atoms with Crippen LogP contribution in [0.2, 0.25) is 10.0 Å². The third-order valence-electron chi connectivity index (χ3n) is 4.38. The van der Waals surface area contributed by atoms with Gasteiger partial charge >= 0.3 is 0 Å². The summed E-state index contributed by atoms with van der Waals surface area (Å²) in [6, 6.07) is 13.7. The Morgan fingerprint density at radius 2 is 2.00 bits per heavy atom. The van der Waals surface area contributed by atoms with Crippen molar-refractivity contribution in [1.82, 2.24) is 4.90 Å². The van der Waals surface area contributed by atoms with Gasteiger partial charge in [-0.15, -0.1) is 5.10 Å². The highest BCUT2D eigenvalue weighted by Gasteiger charge is 2.34. The van der Waals surface area contributed by atoms with E-state index in [1.165, 1.54) is 17.4 Å². The molecule has 1 amide bonds. The van der Waals surface area contributed by atoms with E-state index in [1.54, 1.807) is 54.6 Å². The first-order valence-electron chi connectivity index (χ1n) is 9.19. The predicted octanol–water partition coefficient (Wildman–Crippen LogP) is 6.56. The summed E-state index contributed by atoms with van der Waals surface area (Å²) in [6.45, 7) is 0.187. The van der Waals surface area contributed by atoms with Gasteiger partial charge in [-0.2, -0.15) is 5.10 Å². The van der Waals surface area contributed by atoms with Crippen molar-refractivity contribution in [2.75, 3.05) is 0 Å². The van der Waals surface area contributed by atoms with E-state index in [0.717, 1.165) is 16.2 Å². The number of amides is 1. The minimum absolute atomic E-state index is 0.0608. The number of halogens is 3. The number of benzene rings is 2. The Balaban J connectivity index is 1.67. The minimum Gasteiger partial charge on any atom is -0.507 e. The lowest BCUT2D eigenvalue weighted by molar-refractivity contribution is -0.122. The molecule has 0 saturated carbocycles. The van der Waals surface area contributed by atoms with Crippen LogP contribution < -0.4 is 0 Å². The van der Waals surface area contributed by atoms with Crippen LogP contribution in [0.1, 0.15) is 16.9 Å². The highest BCUT2D eigenvalue weighted by molar-refractivity contribution is 9.10. The number of carbonyl (C=O) groups is 1. The fourth-order valence-electron chi connectivity index (χ4n) is 2.82. The van der Waals surface area contributed by atoms with Crippen LogP contribution in [0.4, 0.5) is 0 Å². The fourth-order valence-corrected chi connectivity index (χ4v) is 4.48. The highest BCUT2D eigenvalue weighted by atomic mass is 79.9. The van der Waals surface area contributed by atoms with Crippen molar-refractivity contribution in [2.45, 2.75) is 6.54 Å². The van der Waals surface area contributed by atoms with Gasteiger partial charge in [0.2, 0.25) is 0 Å². The second kappa shape index (κ2) is 9.95. The smallest absolute Gasteiger partial charge is 0.267 e. The van der Waals surface area contributed by atoms with Crippen LogP contribution >= 0.6 is 50.9 Å². The summed E-state index contributed by atoms with van der Waals surface area (Å²) in [5, 5.41) is 19.6. The van der Waals surface area contributed by atoms with Crippen molar-refractivity contribution < 1.29 is 14.3 Å². The Morgan fingerprint density at radius 1 is 1.16 bits per heavy atom. The van der Waals surface area contributed by atoms with E-state index in [1.807, 2.05) is 0 Å². The van der Waals surface area contributed by atoms with Crippen molar-refractivity contribution in [2.24, 2.45) is 10.2 Å². The fraction of sp³-hybridized carbons (Fsp3) is 0.0455. The summed E-state index contributed by atoms with van der Waals surface area (Å²) in [7, 11) is 0. The number of phenolic OH excluding ortho intramolecular Hbond substituents is 1. The van der Waals surface area contributed by atoms with E-state index in [2.05, 4.69) is 26.1 Å². The molecule has 0 atom stereocenters. The van der Waals surface area contributed by atoms with Gasteiger partial charge in [-0.1, -0.05) is 51.3 Å². The molecular weight excluding hydrogens is 537 g/mol. The zero-order chi connectivity index (χ0) is 22.7. The molecule has 1 N–H and O–H groups in total. The predicted molar refractivity (Wildman–Crippen MR) is 132 cm³/mol. The first-order valence-corrected chi connectivity index (χ1v) is 11.6. The Hall–Kier alpha value is -2.52. The molecule has 6 nitrogen and oxygen atoms in total. The topological polar surface area (TPSA) is 78.4 Å². The summed E-state index contributed by atoms with van der Waals surface area (Å²) >= 11 is 16.7. The first-order chi connectivity index (χ1) is 15.4. The molecular formula is C22H14BrCl2N3O3S. The molecule has 1 fully saturated rings. The van der Waals surface area contributed by atoms with E-state index in [0.29, 0.717) is 37.0 Å². The van der Waals surface area contributed by atoms with Gasteiger partial charge in [0.15, 0.2) is 5.17 Å². The SMILES string of the molecule is O=C1/C(=C/c2cc(Br)ccc2O)S/C(=N\N=C\c2cccc(Cl)c2Cl)N1Cc1ccco1. The van der Waals surface area contributed by atoms with Gasteiger partial charge in [0.25, 0.3) is 5.91 Å². The van der Waals surface area contributed by atoms with Gasteiger partial charge in [-0.05, 0) is 54.2 Å². The number of thioether (sulfide) groups is 1. The van der Waals surface area contributed by atoms with Gasteiger partial charge in [0.1, 0.15) is 11.5 Å². The van der Waals surface area contributed by atoms with E-state index in [9.17, 15) is 9.90 Å². The van der Waals surface area contributed by atoms with Crippen molar-refractivity contribution in [1.29, 1.82) is 0 Å². The molecule has 4 rings (SSSR count). The number of aromatic hydroxyl groups is 1. The molecule has 162 valence electrons. The third kappa shape index (κ3) is 5.10. The molecule has 0 aliphatic carbocycles. The Labute approximate surface area is 206 Å². The summed E-state index contributed by atoms with van der Waals surface area (Å²) in [5.74, 6) is 0.381. The summed E-state index contributed by atoms with van der Waals surface area (Å²) in [4.78, 5) is 15.0. The zero-order valence-electron chi connectivity index (χ0n) is 16.2. The van der Waals surface area contributed by atoms with Gasteiger partial charge in [-0.25, -0.2) is 0 Å². The summed E-state index contributed by atoms with van der Waals surface area (Å²) in [6.07, 6.45) is 4.62. The standard InChI is InChI=1S/C22H14BrCl2N3O3S/c23-15-6-7-18(29)14(9-15)10-19-21(30)28(12-16-4-2-8-31-16)22(32-19)27-26-11-13-3-1-5-17(24)20(13)25/h1-11,29H,12H2/b19-10-,26-11+,27-22-. The molecule has 1 aliphatic heterocycles. The van der Waals surface area contributed by atoms with Gasteiger partial charge in [-0.3, -0.25) is 9.69 Å². The number of amidine groups is 1. The average Bonchev–Trinajstić information content (AvgIpc) is 3.38. The van der Waals surface area contributed by atoms with Gasteiger partial charge < -0.3 is 9.52 Å². The van der Waals surface area contributed by atoms with E-state index >= 15 is 0 Å². The molecule has 0 bridgehead atoms. The number of furan rings is 1. The van der Waals surface area contributed by atoms with E-state index in [4.69, 9.17) is 27.6 Å². The number of hydrogen-bond donors (Lipinski definition) is 1. The molecule has 2 heterocycles.